The lowest BCUT2D eigenvalue weighted by molar-refractivity contribution is 0.507. The predicted molar refractivity (Wildman–Crippen MR) is 101 cm³/mol. The molecule has 0 aromatic heterocycles. The molecule has 2 rings (SSSR count). The van der Waals surface area contributed by atoms with Gasteiger partial charge in [0.2, 0.25) is 0 Å². The Hall–Kier alpha value is -1.77. The van der Waals surface area contributed by atoms with Gasteiger partial charge in [-0.05, 0) is 60.6 Å². The number of halogens is 3. The van der Waals surface area contributed by atoms with Crippen LogP contribution in [0.2, 0.25) is 0 Å². The van der Waals surface area contributed by atoms with Gasteiger partial charge in [-0.15, -0.1) is 0 Å². The quantitative estimate of drug-likeness (QED) is 0.527. The Morgan fingerprint density at radius 1 is 0.760 bits per heavy atom. The molecule has 0 aliphatic heterocycles. The molecule has 140 valence electrons. The molecule has 0 heterocycles. The van der Waals surface area contributed by atoms with Gasteiger partial charge in [-0.25, -0.2) is 13.2 Å². The molecule has 2 aromatic carbocycles. The van der Waals surface area contributed by atoms with Gasteiger partial charge in [0.1, 0.15) is 5.82 Å². The van der Waals surface area contributed by atoms with Crippen LogP contribution in [0, 0.1) is 23.4 Å². The first-order valence-electron chi connectivity index (χ1n) is 9.10. The number of hydrogen-bond acceptors (Lipinski definition) is 0. The lowest BCUT2D eigenvalue weighted by Gasteiger charge is -2.03. The Morgan fingerprint density at radius 3 is 1.80 bits per heavy atom. The molecule has 0 nitrogen and oxygen atoms in total. The standard InChI is InChI=1S/C11H15F.C9H10F2.C2H6/c1-9(2)3-4-10-5-7-11(12)8-6-10;1-2-3-7-4-5-8(10)9(11)6-7;1-2/h5-9H,3-4H2,1-2H3;4-6H,2-3H2,1H3;1-2H3. The van der Waals surface area contributed by atoms with Crippen LogP contribution in [0.1, 0.15) is 58.6 Å². The largest absolute Gasteiger partial charge is 0.207 e. The summed E-state index contributed by atoms with van der Waals surface area (Å²) in [5.41, 5.74) is 2.08. The topological polar surface area (TPSA) is 0 Å². The van der Waals surface area contributed by atoms with Gasteiger partial charge >= 0.3 is 0 Å². The van der Waals surface area contributed by atoms with Crippen molar-refractivity contribution in [1.82, 2.24) is 0 Å². The van der Waals surface area contributed by atoms with Crippen LogP contribution in [0.25, 0.3) is 0 Å². The first-order valence-corrected chi connectivity index (χ1v) is 9.10. The Balaban J connectivity index is 0.000000421. The smallest absolute Gasteiger partial charge is 0.159 e. The second-order valence-electron chi connectivity index (χ2n) is 6.06. The molecule has 0 amide bonds. The summed E-state index contributed by atoms with van der Waals surface area (Å²) in [7, 11) is 0. The zero-order valence-corrected chi connectivity index (χ0v) is 16.1. The maximum Gasteiger partial charge on any atom is 0.159 e. The molecular formula is C22H31F3. The third-order valence-electron chi connectivity index (χ3n) is 3.45. The highest BCUT2D eigenvalue weighted by molar-refractivity contribution is 5.17. The molecule has 0 saturated heterocycles. The van der Waals surface area contributed by atoms with E-state index in [1.165, 1.54) is 36.2 Å². The SMILES string of the molecule is CC.CC(C)CCc1ccc(F)cc1.CCCc1ccc(F)c(F)c1. The van der Waals surface area contributed by atoms with E-state index in [-0.39, 0.29) is 5.82 Å². The number of rotatable bonds is 5. The molecule has 0 unspecified atom stereocenters. The van der Waals surface area contributed by atoms with E-state index in [2.05, 4.69) is 13.8 Å². The van der Waals surface area contributed by atoms with E-state index in [0.717, 1.165) is 30.7 Å². The van der Waals surface area contributed by atoms with Crippen molar-refractivity contribution in [2.24, 2.45) is 5.92 Å². The summed E-state index contributed by atoms with van der Waals surface area (Å²) in [5.74, 6) is -0.959. The number of hydrogen-bond donors (Lipinski definition) is 0. The van der Waals surface area contributed by atoms with E-state index in [0.29, 0.717) is 0 Å². The van der Waals surface area contributed by atoms with Crippen molar-refractivity contribution in [1.29, 1.82) is 0 Å². The van der Waals surface area contributed by atoms with E-state index < -0.39 is 11.6 Å². The highest BCUT2D eigenvalue weighted by Gasteiger charge is 2.00. The minimum absolute atomic E-state index is 0.150. The summed E-state index contributed by atoms with van der Waals surface area (Å²) >= 11 is 0. The zero-order chi connectivity index (χ0) is 19.2. The molecule has 0 aliphatic rings. The van der Waals surface area contributed by atoms with Crippen LogP contribution in [-0.2, 0) is 12.8 Å². The average Bonchev–Trinajstić information content (AvgIpc) is 2.60. The molecule has 0 N–H and O–H groups in total. The van der Waals surface area contributed by atoms with Crippen LogP contribution in [-0.4, -0.2) is 0 Å². The molecule has 0 saturated carbocycles. The van der Waals surface area contributed by atoms with E-state index in [1.54, 1.807) is 6.07 Å². The highest BCUT2D eigenvalue weighted by Crippen LogP contribution is 2.10. The van der Waals surface area contributed by atoms with Crippen LogP contribution >= 0.6 is 0 Å². The monoisotopic (exact) mass is 352 g/mol. The molecular weight excluding hydrogens is 321 g/mol. The molecule has 0 bridgehead atoms. The van der Waals surface area contributed by atoms with Crippen LogP contribution in [0.5, 0.6) is 0 Å². The first kappa shape index (κ1) is 23.2. The second-order valence-corrected chi connectivity index (χ2v) is 6.06. The Labute approximate surface area is 151 Å². The molecule has 0 fully saturated rings. The summed E-state index contributed by atoms with van der Waals surface area (Å²) in [6, 6.07) is 10.8. The molecule has 0 aliphatic carbocycles. The molecule has 3 heteroatoms. The Morgan fingerprint density at radius 2 is 1.32 bits per heavy atom. The van der Waals surface area contributed by atoms with Crippen molar-refractivity contribution in [2.75, 3.05) is 0 Å². The van der Waals surface area contributed by atoms with E-state index in [9.17, 15) is 13.2 Å². The van der Waals surface area contributed by atoms with Gasteiger partial charge in [-0.3, -0.25) is 0 Å². The maximum atomic E-state index is 12.5. The lowest BCUT2D eigenvalue weighted by atomic mass is 10.0. The predicted octanol–water partition coefficient (Wildman–Crippen LogP) is 7.36. The van der Waals surface area contributed by atoms with Crippen LogP contribution < -0.4 is 0 Å². The van der Waals surface area contributed by atoms with E-state index in [1.807, 2.05) is 32.9 Å². The molecule has 2 aromatic rings. The van der Waals surface area contributed by atoms with Crippen molar-refractivity contribution >= 4 is 0 Å². The third kappa shape index (κ3) is 10.6. The summed E-state index contributed by atoms with van der Waals surface area (Å²) < 4.78 is 37.4. The van der Waals surface area contributed by atoms with E-state index in [4.69, 9.17) is 0 Å². The first-order chi connectivity index (χ1) is 11.9. The Kier molecular flexibility index (Phi) is 12.6. The summed E-state index contributed by atoms with van der Waals surface area (Å²) in [6.45, 7) is 10.4. The molecule has 25 heavy (non-hydrogen) atoms. The van der Waals surface area contributed by atoms with Gasteiger partial charge in [0.05, 0.1) is 0 Å². The maximum absolute atomic E-state index is 12.5. The molecule has 0 spiro atoms. The lowest BCUT2D eigenvalue weighted by Crippen LogP contribution is -1.91. The van der Waals surface area contributed by atoms with Gasteiger partial charge in [0.25, 0.3) is 0 Å². The van der Waals surface area contributed by atoms with Crippen molar-refractivity contribution in [3.8, 4) is 0 Å². The molecule has 0 radical (unpaired) electrons. The number of aryl methyl sites for hydroxylation is 2. The van der Waals surface area contributed by atoms with Crippen molar-refractivity contribution < 1.29 is 13.2 Å². The van der Waals surface area contributed by atoms with Crippen LogP contribution in [0.3, 0.4) is 0 Å². The minimum atomic E-state index is -0.773. The van der Waals surface area contributed by atoms with Crippen molar-refractivity contribution in [3.05, 3.63) is 71.0 Å². The third-order valence-corrected chi connectivity index (χ3v) is 3.45. The fourth-order valence-corrected chi connectivity index (χ4v) is 2.09. The van der Waals surface area contributed by atoms with Gasteiger partial charge in [0.15, 0.2) is 11.6 Å². The minimum Gasteiger partial charge on any atom is -0.207 e. The molecule has 0 atom stereocenters. The second kappa shape index (κ2) is 13.5. The average molecular weight is 352 g/mol. The van der Waals surface area contributed by atoms with Gasteiger partial charge in [0, 0.05) is 0 Å². The fourth-order valence-electron chi connectivity index (χ4n) is 2.09. The van der Waals surface area contributed by atoms with Crippen molar-refractivity contribution in [3.63, 3.8) is 0 Å². The zero-order valence-electron chi connectivity index (χ0n) is 16.1. The van der Waals surface area contributed by atoms with Gasteiger partial charge in [-0.2, -0.15) is 0 Å². The van der Waals surface area contributed by atoms with Crippen molar-refractivity contribution in [2.45, 2.75) is 60.3 Å². The summed E-state index contributed by atoms with van der Waals surface area (Å²) in [5, 5.41) is 0. The summed E-state index contributed by atoms with van der Waals surface area (Å²) in [6.07, 6.45) is 3.98. The number of benzene rings is 2. The van der Waals surface area contributed by atoms with Gasteiger partial charge in [-0.1, -0.05) is 59.2 Å². The Bertz CT molecular complexity index is 574. The van der Waals surface area contributed by atoms with Gasteiger partial charge < -0.3 is 0 Å². The normalized spacial score (nSPS) is 9.80. The highest BCUT2D eigenvalue weighted by atomic mass is 19.2. The van der Waals surface area contributed by atoms with Crippen LogP contribution in [0.15, 0.2) is 42.5 Å². The van der Waals surface area contributed by atoms with E-state index >= 15 is 0 Å². The van der Waals surface area contributed by atoms with Crippen LogP contribution in [0.4, 0.5) is 13.2 Å². The summed E-state index contributed by atoms with van der Waals surface area (Å²) in [4.78, 5) is 0. The fraction of sp³-hybridized carbons (Fsp3) is 0.455.